The van der Waals surface area contributed by atoms with Gasteiger partial charge in [0.2, 0.25) is 0 Å². The molecule has 5 aliphatic rings. The van der Waals surface area contributed by atoms with E-state index in [2.05, 4.69) is 55.0 Å². The molecule has 11 unspecified atom stereocenters. The number of carbonyl (C=O) groups excluding carboxylic acids is 1. The molecule has 3 nitrogen and oxygen atoms in total. The third-order valence-electron chi connectivity index (χ3n) is 18.7. The number of fused-ring (bicyclic) bond motifs is 7. The molecule has 3 heteroatoms. The van der Waals surface area contributed by atoms with Crippen LogP contribution in [0.25, 0.3) is 0 Å². The number of ketones is 1. The van der Waals surface area contributed by atoms with Gasteiger partial charge in [-0.25, -0.2) is 0 Å². The third kappa shape index (κ3) is 9.29. The Balaban J connectivity index is 0.951. The van der Waals surface area contributed by atoms with Gasteiger partial charge in [-0.2, -0.15) is 0 Å². The maximum atomic E-state index is 11.1. The first-order valence-corrected chi connectivity index (χ1v) is 24.1. The normalized spacial score (nSPS) is 38.9. The summed E-state index contributed by atoms with van der Waals surface area (Å²) >= 11 is 0. The van der Waals surface area contributed by atoms with Gasteiger partial charge >= 0.3 is 0 Å². The fourth-order valence-corrected chi connectivity index (χ4v) is 15.0. The second-order valence-corrected chi connectivity index (χ2v) is 22.1. The van der Waals surface area contributed by atoms with Crippen molar-refractivity contribution in [3.8, 4) is 0 Å². The average Bonchev–Trinajstić information content (AvgIpc) is 3.46. The summed E-state index contributed by atoms with van der Waals surface area (Å²) in [4.78, 5) is 11.1. The standard InChI is InChI=1S/C51H90O3/c1-38(2)41-28-31-48(6)34-35-50(8)44(46(41)48)29-32-49(7)43-26-27-45(47(4,5)42(43)30-33-51(49,50)9)54-36-24-22-20-18-16-14-12-10-11-13-15-17-19-21-23-25-40(53)37-39(3)52/h40-46,53H,1,10-37H2,2-9H3. The van der Waals surface area contributed by atoms with Crippen molar-refractivity contribution in [1.82, 2.24) is 0 Å². The number of aliphatic hydroxyl groups excluding tert-OH is 1. The SMILES string of the molecule is C=C(C)C1CCC2(C)CCC3(C)C(CCC4(C)C5CCC(OCCCCCCCCCCCCCCCCCC(O)CC(C)=O)C(C)(C)C5CCC34C)C12. The Labute approximate surface area is 335 Å². The fraction of sp³-hybridized carbons (Fsp3) is 0.941. The van der Waals surface area contributed by atoms with E-state index >= 15 is 0 Å². The summed E-state index contributed by atoms with van der Waals surface area (Å²) in [5.74, 6) is 4.23. The van der Waals surface area contributed by atoms with E-state index in [4.69, 9.17) is 4.74 Å². The summed E-state index contributed by atoms with van der Waals surface area (Å²) in [5, 5.41) is 9.80. The molecule has 5 fully saturated rings. The first-order chi connectivity index (χ1) is 25.6. The van der Waals surface area contributed by atoms with Crippen molar-refractivity contribution in [3.05, 3.63) is 12.2 Å². The maximum Gasteiger partial charge on any atom is 0.132 e. The molecule has 0 aliphatic heterocycles. The van der Waals surface area contributed by atoms with Gasteiger partial charge in [-0.05, 0) is 148 Å². The Kier molecular flexibility index (Phi) is 15.6. The molecule has 5 saturated carbocycles. The number of Topliss-reactive ketones (excluding diaryl/α,β-unsaturated/α-hetero) is 1. The molecule has 0 bridgehead atoms. The first kappa shape index (κ1) is 44.4. The fourth-order valence-electron chi connectivity index (χ4n) is 15.0. The maximum absolute atomic E-state index is 11.1. The number of carbonyl (C=O) groups is 1. The lowest BCUT2D eigenvalue weighted by molar-refractivity contribution is -0.260. The van der Waals surface area contributed by atoms with Crippen molar-refractivity contribution < 1.29 is 14.6 Å². The lowest BCUT2D eigenvalue weighted by Gasteiger charge is -2.74. The highest BCUT2D eigenvalue weighted by Crippen LogP contribution is 2.78. The Hall–Kier alpha value is -0.670. The number of allylic oxidation sites excluding steroid dienone is 1. The number of ether oxygens (including phenoxy) is 1. The largest absolute Gasteiger partial charge is 0.393 e. The minimum atomic E-state index is -0.424. The van der Waals surface area contributed by atoms with Crippen LogP contribution >= 0.6 is 0 Å². The molecule has 0 spiro atoms. The van der Waals surface area contributed by atoms with Crippen LogP contribution < -0.4 is 0 Å². The van der Waals surface area contributed by atoms with Crippen molar-refractivity contribution >= 4 is 5.78 Å². The lowest BCUT2D eigenvalue weighted by atomic mass is 9.31. The van der Waals surface area contributed by atoms with Crippen LogP contribution in [0.5, 0.6) is 0 Å². The molecule has 312 valence electrons. The average molecular weight is 751 g/mol. The monoisotopic (exact) mass is 751 g/mol. The molecule has 0 saturated heterocycles. The molecule has 0 aromatic rings. The van der Waals surface area contributed by atoms with Crippen LogP contribution in [0.1, 0.15) is 229 Å². The summed E-state index contributed by atoms with van der Waals surface area (Å²) in [7, 11) is 0. The van der Waals surface area contributed by atoms with E-state index in [9.17, 15) is 9.90 Å². The molecule has 0 aromatic carbocycles. The van der Waals surface area contributed by atoms with Gasteiger partial charge in [-0.15, -0.1) is 0 Å². The van der Waals surface area contributed by atoms with Gasteiger partial charge in [0.05, 0.1) is 12.2 Å². The molecule has 0 amide bonds. The molecule has 54 heavy (non-hydrogen) atoms. The van der Waals surface area contributed by atoms with Crippen molar-refractivity contribution in [1.29, 1.82) is 0 Å². The third-order valence-corrected chi connectivity index (χ3v) is 18.7. The summed E-state index contributed by atoms with van der Waals surface area (Å²) < 4.78 is 6.85. The van der Waals surface area contributed by atoms with Gasteiger partial charge in [0, 0.05) is 13.0 Å². The van der Waals surface area contributed by atoms with Crippen LogP contribution in [-0.2, 0) is 9.53 Å². The van der Waals surface area contributed by atoms with E-state index in [1.165, 1.54) is 160 Å². The van der Waals surface area contributed by atoms with Crippen LogP contribution in [0, 0.1) is 56.7 Å². The predicted octanol–water partition coefficient (Wildman–Crippen LogP) is 14.6. The van der Waals surface area contributed by atoms with Crippen LogP contribution in [0.15, 0.2) is 12.2 Å². The molecular weight excluding hydrogens is 661 g/mol. The van der Waals surface area contributed by atoms with Crippen LogP contribution in [0.4, 0.5) is 0 Å². The van der Waals surface area contributed by atoms with E-state index in [1.54, 1.807) is 6.92 Å². The smallest absolute Gasteiger partial charge is 0.132 e. The van der Waals surface area contributed by atoms with E-state index in [1.807, 2.05) is 0 Å². The van der Waals surface area contributed by atoms with Crippen LogP contribution in [0.3, 0.4) is 0 Å². The van der Waals surface area contributed by atoms with Crippen molar-refractivity contribution in [3.63, 3.8) is 0 Å². The Morgan fingerprint density at radius 1 is 0.630 bits per heavy atom. The molecule has 1 N–H and O–H groups in total. The van der Waals surface area contributed by atoms with Gasteiger partial charge < -0.3 is 9.84 Å². The van der Waals surface area contributed by atoms with E-state index < -0.39 is 6.10 Å². The van der Waals surface area contributed by atoms with E-state index in [0.29, 0.717) is 34.2 Å². The Morgan fingerprint density at radius 3 is 1.74 bits per heavy atom. The zero-order valence-electron chi connectivity index (χ0n) is 37.3. The summed E-state index contributed by atoms with van der Waals surface area (Å²) in [5.41, 5.74) is 3.63. The zero-order valence-corrected chi connectivity index (χ0v) is 37.3. The van der Waals surface area contributed by atoms with Gasteiger partial charge in [-0.1, -0.05) is 144 Å². The van der Waals surface area contributed by atoms with Gasteiger partial charge in [-0.3, -0.25) is 4.79 Å². The number of unbranched alkanes of at least 4 members (excludes halogenated alkanes) is 14. The molecule has 0 heterocycles. The topological polar surface area (TPSA) is 46.5 Å². The number of rotatable bonds is 22. The number of hydrogen-bond acceptors (Lipinski definition) is 3. The van der Waals surface area contributed by atoms with Crippen LogP contribution in [-0.4, -0.2) is 29.7 Å². The minimum Gasteiger partial charge on any atom is -0.393 e. The Bertz CT molecular complexity index is 1210. The highest BCUT2D eigenvalue weighted by Gasteiger charge is 2.71. The van der Waals surface area contributed by atoms with Gasteiger partial charge in [0.25, 0.3) is 0 Å². The zero-order chi connectivity index (χ0) is 39.2. The van der Waals surface area contributed by atoms with Gasteiger partial charge in [0.15, 0.2) is 0 Å². The number of aliphatic hydroxyl groups is 1. The second-order valence-electron chi connectivity index (χ2n) is 22.1. The highest BCUT2D eigenvalue weighted by atomic mass is 16.5. The quantitative estimate of drug-likeness (QED) is 0.0885. The molecule has 0 aromatic heterocycles. The van der Waals surface area contributed by atoms with E-state index in [-0.39, 0.29) is 11.2 Å². The highest BCUT2D eigenvalue weighted by molar-refractivity contribution is 5.75. The molecule has 11 atom stereocenters. The van der Waals surface area contributed by atoms with Crippen LogP contribution in [0.2, 0.25) is 0 Å². The summed E-state index contributed by atoms with van der Waals surface area (Å²) in [6, 6.07) is 0. The second kappa shape index (κ2) is 18.9. The number of hydrogen-bond donors (Lipinski definition) is 1. The first-order valence-electron chi connectivity index (χ1n) is 24.1. The molecule has 5 rings (SSSR count). The Morgan fingerprint density at radius 2 is 1.17 bits per heavy atom. The predicted molar refractivity (Wildman–Crippen MR) is 230 cm³/mol. The van der Waals surface area contributed by atoms with Crippen molar-refractivity contribution in [2.24, 2.45) is 56.7 Å². The molecular formula is C51H90O3. The summed E-state index contributed by atoms with van der Waals surface area (Å²) in [6.45, 7) is 25.7. The summed E-state index contributed by atoms with van der Waals surface area (Å²) in [6.07, 6.45) is 35.1. The van der Waals surface area contributed by atoms with Gasteiger partial charge in [0.1, 0.15) is 5.78 Å². The minimum absolute atomic E-state index is 0.0967. The molecule has 5 aliphatic carbocycles. The molecule has 0 radical (unpaired) electrons. The van der Waals surface area contributed by atoms with E-state index in [0.717, 1.165) is 49.0 Å². The van der Waals surface area contributed by atoms with Crippen molar-refractivity contribution in [2.75, 3.05) is 6.61 Å². The van der Waals surface area contributed by atoms with Crippen molar-refractivity contribution in [2.45, 2.75) is 241 Å². The lowest BCUT2D eigenvalue weighted by Crippen LogP contribution is -2.67.